The molecule has 1 aromatic heterocycles. The summed E-state index contributed by atoms with van der Waals surface area (Å²) in [4.78, 5) is 14.9. The molecule has 21 heavy (non-hydrogen) atoms. The number of hydrogen-bond acceptors (Lipinski definition) is 3. The molecule has 2 N–H and O–H groups in total. The third-order valence-corrected chi connectivity index (χ3v) is 4.87. The molecule has 0 aliphatic rings. The first-order valence-electron chi connectivity index (χ1n) is 6.93. The molecule has 0 aliphatic heterocycles. The first-order valence-corrected chi connectivity index (χ1v) is 8.58. The molecule has 6 heteroatoms. The molecule has 1 heterocycles. The number of aromatic nitrogens is 1. The lowest BCUT2D eigenvalue weighted by molar-refractivity contribution is 0.583. The van der Waals surface area contributed by atoms with Gasteiger partial charge in [0.25, 0.3) is 5.56 Å². The van der Waals surface area contributed by atoms with Crippen LogP contribution in [0.1, 0.15) is 23.6 Å². The molecule has 0 spiro atoms. The normalized spacial score (nSPS) is 12.0. The van der Waals surface area contributed by atoms with Gasteiger partial charge in [0.05, 0.1) is 11.3 Å². The first-order chi connectivity index (χ1) is 9.82. The Labute approximate surface area is 124 Å². The van der Waals surface area contributed by atoms with Gasteiger partial charge in [0.15, 0.2) is 0 Å². The Kier molecular flexibility index (Phi) is 4.49. The number of aryl methyl sites for hydroxylation is 2. The summed E-state index contributed by atoms with van der Waals surface area (Å²) in [5, 5.41) is 0.973. The van der Waals surface area contributed by atoms with Gasteiger partial charge in [-0.25, -0.2) is 13.1 Å². The Balaban J connectivity index is 2.29. The fraction of sp³-hybridized carbons (Fsp3) is 0.400. The lowest BCUT2D eigenvalue weighted by Crippen LogP contribution is -2.28. The van der Waals surface area contributed by atoms with Gasteiger partial charge in [0.1, 0.15) is 0 Å². The zero-order chi connectivity index (χ0) is 15.6. The minimum absolute atomic E-state index is 0.0411. The number of pyridine rings is 1. The third kappa shape index (κ3) is 3.71. The minimum Gasteiger partial charge on any atom is -0.321 e. The molecule has 0 fully saturated rings. The van der Waals surface area contributed by atoms with E-state index in [-0.39, 0.29) is 17.9 Å². The number of H-pyrrole nitrogens is 1. The van der Waals surface area contributed by atoms with Gasteiger partial charge in [-0.05, 0) is 50.3 Å². The molecule has 2 rings (SSSR count). The number of sulfonamides is 1. The fourth-order valence-corrected chi connectivity index (χ4v) is 2.98. The summed E-state index contributed by atoms with van der Waals surface area (Å²) in [6.45, 7) is 5.78. The van der Waals surface area contributed by atoms with E-state index in [1.54, 1.807) is 6.92 Å². The van der Waals surface area contributed by atoms with Gasteiger partial charge in [0, 0.05) is 12.1 Å². The second kappa shape index (κ2) is 5.99. The summed E-state index contributed by atoms with van der Waals surface area (Å²) >= 11 is 0. The smallest absolute Gasteiger partial charge is 0.251 e. The van der Waals surface area contributed by atoms with Crippen molar-refractivity contribution in [3.8, 4) is 0 Å². The lowest BCUT2D eigenvalue weighted by Gasteiger charge is -2.08. The van der Waals surface area contributed by atoms with E-state index in [1.165, 1.54) is 0 Å². The molecule has 0 saturated heterocycles. The number of hydrogen-bond donors (Lipinski definition) is 2. The predicted octanol–water partition coefficient (Wildman–Crippen LogP) is 1.63. The number of aromatic amines is 1. The van der Waals surface area contributed by atoms with Gasteiger partial charge in [0.2, 0.25) is 10.0 Å². The minimum atomic E-state index is -3.22. The summed E-state index contributed by atoms with van der Waals surface area (Å²) < 4.78 is 25.2. The Morgan fingerprint density at radius 3 is 2.57 bits per heavy atom. The number of fused-ring (bicyclic) bond motifs is 1. The lowest BCUT2D eigenvalue weighted by atomic mass is 10.0. The largest absolute Gasteiger partial charge is 0.321 e. The number of nitrogens with one attached hydrogen (secondary N) is 2. The van der Waals surface area contributed by atoms with E-state index >= 15 is 0 Å². The number of rotatable bonds is 5. The van der Waals surface area contributed by atoms with Gasteiger partial charge in [-0.3, -0.25) is 4.79 Å². The average Bonchev–Trinajstić information content (AvgIpc) is 2.40. The van der Waals surface area contributed by atoms with Crippen molar-refractivity contribution in [1.82, 2.24) is 9.71 Å². The summed E-state index contributed by atoms with van der Waals surface area (Å²) in [7, 11) is -3.22. The SMILES string of the molecule is CCS(=O)(=O)NCCc1cc2cc(C)cc(C)c2[nH]c1=O. The molecule has 0 aliphatic carbocycles. The van der Waals surface area contributed by atoms with Crippen LogP contribution in [-0.4, -0.2) is 25.7 Å². The van der Waals surface area contributed by atoms with Crippen LogP contribution in [-0.2, 0) is 16.4 Å². The molecule has 2 aromatic rings. The van der Waals surface area contributed by atoms with Crippen molar-refractivity contribution in [3.63, 3.8) is 0 Å². The maximum atomic E-state index is 12.1. The van der Waals surface area contributed by atoms with Gasteiger partial charge in [-0.1, -0.05) is 11.6 Å². The Morgan fingerprint density at radius 1 is 1.19 bits per heavy atom. The average molecular weight is 308 g/mol. The van der Waals surface area contributed by atoms with Crippen LogP contribution < -0.4 is 10.3 Å². The quantitative estimate of drug-likeness (QED) is 0.881. The maximum Gasteiger partial charge on any atom is 0.251 e. The van der Waals surface area contributed by atoms with Crippen molar-refractivity contribution in [3.05, 3.63) is 45.2 Å². The predicted molar refractivity (Wildman–Crippen MR) is 85.2 cm³/mol. The van der Waals surface area contributed by atoms with Crippen LogP contribution in [0.3, 0.4) is 0 Å². The topological polar surface area (TPSA) is 79.0 Å². The van der Waals surface area contributed by atoms with E-state index in [9.17, 15) is 13.2 Å². The highest BCUT2D eigenvalue weighted by Gasteiger charge is 2.08. The van der Waals surface area contributed by atoms with Crippen molar-refractivity contribution in [1.29, 1.82) is 0 Å². The Hall–Kier alpha value is -1.66. The molecular formula is C15H20N2O3S. The Bertz CT molecular complexity index is 823. The Morgan fingerprint density at radius 2 is 1.90 bits per heavy atom. The van der Waals surface area contributed by atoms with Crippen LogP contribution in [0.25, 0.3) is 10.9 Å². The van der Waals surface area contributed by atoms with Crippen molar-refractivity contribution >= 4 is 20.9 Å². The zero-order valence-electron chi connectivity index (χ0n) is 12.5. The monoisotopic (exact) mass is 308 g/mol. The second-order valence-corrected chi connectivity index (χ2v) is 7.31. The summed E-state index contributed by atoms with van der Waals surface area (Å²) in [6, 6.07) is 5.87. The summed E-state index contributed by atoms with van der Waals surface area (Å²) in [6.07, 6.45) is 0.373. The van der Waals surface area contributed by atoms with Crippen molar-refractivity contribution in [2.24, 2.45) is 0 Å². The van der Waals surface area contributed by atoms with E-state index in [1.807, 2.05) is 32.0 Å². The van der Waals surface area contributed by atoms with Gasteiger partial charge >= 0.3 is 0 Å². The molecule has 0 atom stereocenters. The van der Waals surface area contributed by atoms with Crippen molar-refractivity contribution in [2.45, 2.75) is 27.2 Å². The van der Waals surface area contributed by atoms with Crippen molar-refractivity contribution in [2.75, 3.05) is 12.3 Å². The molecule has 0 radical (unpaired) electrons. The summed E-state index contributed by atoms with van der Waals surface area (Å²) in [5.41, 5.74) is 3.42. The summed E-state index contributed by atoms with van der Waals surface area (Å²) in [5.74, 6) is 0.0411. The standard InChI is InChI=1S/C15H20N2O3S/c1-4-21(19,20)16-6-5-12-9-13-8-10(2)7-11(3)14(13)17-15(12)18/h7-9,16H,4-6H2,1-3H3,(H,17,18). The molecule has 0 unspecified atom stereocenters. The van der Waals surface area contributed by atoms with E-state index in [4.69, 9.17) is 0 Å². The number of benzene rings is 1. The van der Waals surface area contributed by atoms with E-state index in [0.29, 0.717) is 12.0 Å². The second-order valence-electron chi connectivity index (χ2n) is 5.22. The highest BCUT2D eigenvalue weighted by Crippen LogP contribution is 2.18. The van der Waals surface area contributed by atoms with E-state index in [0.717, 1.165) is 22.0 Å². The van der Waals surface area contributed by atoms with E-state index in [2.05, 4.69) is 9.71 Å². The zero-order valence-corrected chi connectivity index (χ0v) is 13.3. The van der Waals surface area contributed by atoms with E-state index < -0.39 is 10.0 Å². The maximum absolute atomic E-state index is 12.1. The molecule has 0 bridgehead atoms. The van der Waals surface area contributed by atoms with Crippen LogP contribution in [0.5, 0.6) is 0 Å². The van der Waals surface area contributed by atoms with Crippen LogP contribution >= 0.6 is 0 Å². The van der Waals surface area contributed by atoms with Crippen molar-refractivity contribution < 1.29 is 8.42 Å². The molecule has 114 valence electrons. The van der Waals surface area contributed by atoms with Gasteiger partial charge in [-0.15, -0.1) is 0 Å². The molecule has 5 nitrogen and oxygen atoms in total. The molecule has 0 saturated carbocycles. The highest BCUT2D eigenvalue weighted by molar-refractivity contribution is 7.89. The molecule has 0 amide bonds. The molecular weight excluding hydrogens is 288 g/mol. The van der Waals surface area contributed by atoms with Gasteiger partial charge in [-0.2, -0.15) is 0 Å². The van der Waals surface area contributed by atoms with Crippen LogP contribution in [0.4, 0.5) is 0 Å². The fourth-order valence-electron chi connectivity index (χ4n) is 2.36. The van der Waals surface area contributed by atoms with Crippen LogP contribution in [0.2, 0.25) is 0 Å². The molecule has 1 aromatic carbocycles. The highest BCUT2D eigenvalue weighted by atomic mass is 32.2. The third-order valence-electron chi connectivity index (χ3n) is 3.47. The van der Waals surface area contributed by atoms with Gasteiger partial charge < -0.3 is 4.98 Å². The van der Waals surface area contributed by atoms with Crippen LogP contribution in [0.15, 0.2) is 23.0 Å². The van der Waals surface area contributed by atoms with Crippen LogP contribution in [0, 0.1) is 13.8 Å². The first kappa shape index (κ1) is 15.7.